The fourth-order valence-corrected chi connectivity index (χ4v) is 2.62. The molecule has 1 saturated heterocycles. The molecule has 0 bridgehead atoms. The molecule has 0 aliphatic carbocycles. The average molecular weight is 301 g/mol. The summed E-state index contributed by atoms with van der Waals surface area (Å²) in [5.41, 5.74) is 3.05. The molecule has 3 rings (SSSR count). The molecular formula is C17H17ClN2O. The number of pyridine rings is 1. The van der Waals surface area contributed by atoms with E-state index in [9.17, 15) is 0 Å². The monoisotopic (exact) mass is 300 g/mol. The Labute approximate surface area is 129 Å². The van der Waals surface area contributed by atoms with Gasteiger partial charge < -0.3 is 9.64 Å². The summed E-state index contributed by atoms with van der Waals surface area (Å²) in [4.78, 5) is 6.62. The fraction of sp³-hybridized carbons (Fsp3) is 0.235. The van der Waals surface area contributed by atoms with Gasteiger partial charge in [-0.1, -0.05) is 48.5 Å². The van der Waals surface area contributed by atoms with Crippen molar-refractivity contribution >= 4 is 23.0 Å². The van der Waals surface area contributed by atoms with Gasteiger partial charge in [0.25, 0.3) is 0 Å². The predicted molar refractivity (Wildman–Crippen MR) is 86.9 cm³/mol. The maximum atomic E-state index is 6.19. The summed E-state index contributed by atoms with van der Waals surface area (Å²) in [7, 11) is 0. The van der Waals surface area contributed by atoms with Crippen molar-refractivity contribution in [3.05, 3.63) is 65.3 Å². The number of halogens is 1. The predicted octanol–water partition coefficient (Wildman–Crippen LogP) is 3.63. The lowest BCUT2D eigenvalue weighted by molar-refractivity contribution is 0.122. The Morgan fingerprint density at radius 3 is 2.52 bits per heavy atom. The molecule has 1 aliphatic heterocycles. The van der Waals surface area contributed by atoms with Crippen LogP contribution in [0.2, 0.25) is 5.15 Å². The molecule has 0 saturated carbocycles. The van der Waals surface area contributed by atoms with E-state index in [4.69, 9.17) is 16.3 Å². The second-order valence-electron chi connectivity index (χ2n) is 4.98. The van der Waals surface area contributed by atoms with Crippen LogP contribution in [0.25, 0.3) is 5.57 Å². The molecule has 0 spiro atoms. The second-order valence-corrected chi connectivity index (χ2v) is 5.37. The van der Waals surface area contributed by atoms with Crippen LogP contribution in [0.4, 0.5) is 5.82 Å². The molecular weight excluding hydrogens is 284 g/mol. The van der Waals surface area contributed by atoms with Crippen LogP contribution in [0.1, 0.15) is 11.1 Å². The molecule has 1 aromatic carbocycles. The van der Waals surface area contributed by atoms with E-state index in [2.05, 4.69) is 16.5 Å². The van der Waals surface area contributed by atoms with Gasteiger partial charge in [0.05, 0.1) is 13.2 Å². The number of rotatable bonds is 3. The van der Waals surface area contributed by atoms with Gasteiger partial charge in [-0.3, -0.25) is 0 Å². The third-order valence-corrected chi connectivity index (χ3v) is 3.78. The zero-order chi connectivity index (χ0) is 14.7. The SMILES string of the molecule is C=C(c1ccccc1)c1cc(Cl)nc(N2CCOCC2)c1. The molecule has 2 aromatic rings. The van der Waals surface area contributed by atoms with Gasteiger partial charge in [-0.25, -0.2) is 4.98 Å². The fourth-order valence-electron chi connectivity index (χ4n) is 2.42. The van der Waals surface area contributed by atoms with Gasteiger partial charge in [0.2, 0.25) is 0 Å². The van der Waals surface area contributed by atoms with Crippen molar-refractivity contribution in [1.29, 1.82) is 0 Å². The maximum absolute atomic E-state index is 6.19. The van der Waals surface area contributed by atoms with E-state index < -0.39 is 0 Å². The van der Waals surface area contributed by atoms with Gasteiger partial charge in [-0.05, 0) is 28.8 Å². The van der Waals surface area contributed by atoms with E-state index in [1.54, 1.807) is 0 Å². The van der Waals surface area contributed by atoms with Crippen molar-refractivity contribution < 1.29 is 4.74 Å². The normalized spacial score (nSPS) is 15.0. The van der Waals surface area contributed by atoms with Crippen molar-refractivity contribution in [2.24, 2.45) is 0 Å². The lowest BCUT2D eigenvalue weighted by Gasteiger charge is -2.28. The summed E-state index contributed by atoms with van der Waals surface area (Å²) in [6.07, 6.45) is 0. The van der Waals surface area contributed by atoms with Crippen LogP contribution >= 0.6 is 11.6 Å². The van der Waals surface area contributed by atoms with Gasteiger partial charge >= 0.3 is 0 Å². The number of aromatic nitrogens is 1. The van der Waals surface area contributed by atoms with Crippen LogP contribution in [0, 0.1) is 0 Å². The molecule has 108 valence electrons. The lowest BCUT2D eigenvalue weighted by Crippen LogP contribution is -2.36. The number of anilines is 1. The van der Waals surface area contributed by atoms with Gasteiger partial charge in [0, 0.05) is 13.1 Å². The molecule has 1 aliphatic rings. The van der Waals surface area contributed by atoms with Crippen LogP contribution in [0.15, 0.2) is 49.0 Å². The Kier molecular flexibility index (Phi) is 4.23. The van der Waals surface area contributed by atoms with E-state index >= 15 is 0 Å². The van der Waals surface area contributed by atoms with E-state index in [0.29, 0.717) is 5.15 Å². The van der Waals surface area contributed by atoms with E-state index in [1.165, 1.54) is 0 Å². The Bertz CT molecular complexity index is 636. The number of ether oxygens (including phenoxy) is 1. The highest BCUT2D eigenvalue weighted by Crippen LogP contribution is 2.27. The summed E-state index contributed by atoms with van der Waals surface area (Å²) >= 11 is 6.19. The zero-order valence-electron chi connectivity index (χ0n) is 11.8. The first-order chi connectivity index (χ1) is 10.2. The number of hydrogen-bond donors (Lipinski definition) is 0. The highest BCUT2D eigenvalue weighted by molar-refractivity contribution is 6.29. The van der Waals surface area contributed by atoms with Crippen LogP contribution in [0.5, 0.6) is 0 Å². The molecule has 3 nitrogen and oxygen atoms in total. The summed E-state index contributed by atoms with van der Waals surface area (Å²) in [5.74, 6) is 0.887. The molecule has 0 atom stereocenters. The standard InChI is InChI=1S/C17H17ClN2O/c1-13(14-5-3-2-4-6-14)15-11-16(18)19-17(12-15)20-7-9-21-10-8-20/h2-6,11-12H,1,7-10H2. The van der Waals surface area contributed by atoms with E-state index in [1.807, 2.05) is 42.5 Å². The summed E-state index contributed by atoms with van der Waals surface area (Å²) in [6.45, 7) is 7.32. The van der Waals surface area contributed by atoms with Crippen molar-refractivity contribution in [3.8, 4) is 0 Å². The molecule has 2 heterocycles. The molecule has 1 aromatic heterocycles. The van der Waals surface area contributed by atoms with Crippen molar-refractivity contribution in [1.82, 2.24) is 4.98 Å². The van der Waals surface area contributed by atoms with Gasteiger partial charge in [-0.2, -0.15) is 0 Å². The minimum atomic E-state index is 0.492. The Morgan fingerprint density at radius 1 is 1.10 bits per heavy atom. The Morgan fingerprint density at radius 2 is 1.81 bits per heavy atom. The number of hydrogen-bond acceptors (Lipinski definition) is 3. The molecule has 1 fully saturated rings. The number of nitrogens with zero attached hydrogens (tertiary/aromatic N) is 2. The van der Waals surface area contributed by atoms with Gasteiger partial charge in [0.1, 0.15) is 11.0 Å². The quantitative estimate of drug-likeness (QED) is 0.809. The molecule has 4 heteroatoms. The van der Waals surface area contributed by atoms with Crippen LogP contribution in [-0.4, -0.2) is 31.3 Å². The molecule has 21 heavy (non-hydrogen) atoms. The molecule has 0 N–H and O–H groups in total. The number of morpholine rings is 1. The minimum absolute atomic E-state index is 0.492. The van der Waals surface area contributed by atoms with E-state index in [0.717, 1.165) is 48.8 Å². The number of benzene rings is 1. The first kappa shape index (κ1) is 14.1. The van der Waals surface area contributed by atoms with Gasteiger partial charge in [0.15, 0.2) is 0 Å². The largest absolute Gasteiger partial charge is 0.378 e. The summed E-state index contributed by atoms with van der Waals surface area (Å²) in [6, 6.07) is 14.0. The highest BCUT2D eigenvalue weighted by atomic mass is 35.5. The van der Waals surface area contributed by atoms with Crippen LogP contribution in [0.3, 0.4) is 0 Å². The summed E-state index contributed by atoms with van der Waals surface area (Å²) in [5, 5.41) is 0.492. The van der Waals surface area contributed by atoms with Crippen LogP contribution in [-0.2, 0) is 4.74 Å². The Hall–Kier alpha value is -1.84. The summed E-state index contributed by atoms with van der Waals surface area (Å²) < 4.78 is 5.38. The topological polar surface area (TPSA) is 25.4 Å². The third kappa shape index (κ3) is 3.26. The average Bonchev–Trinajstić information content (AvgIpc) is 2.55. The highest BCUT2D eigenvalue weighted by Gasteiger charge is 2.15. The molecule has 0 radical (unpaired) electrons. The first-order valence-electron chi connectivity index (χ1n) is 6.99. The smallest absolute Gasteiger partial charge is 0.132 e. The van der Waals surface area contributed by atoms with Crippen LogP contribution < -0.4 is 4.90 Å². The lowest BCUT2D eigenvalue weighted by atomic mass is 10.0. The van der Waals surface area contributed by atoms with Crippen molar-refractivity contribution in [3.63, 3.8) is 0 Å². The van der Waals surface area contributed by atoms with E-state index in [-0.39, 0.29) is 0 Å². The molecule has 0 amide bonds. The Balaban J connectivity index is 1.92. The maximum Gasteiger partial charge on any atom is 0.132 e. The zero-order valence-corrected chi connectivity index (χ0v) is 12.5. The first-order valence-corrected chi connectivity index (χ1v) is 7.37. The molecule has 0 unspecified atom stereocenters. The van der Waals surface area contributed by atoms with Crippen molar-refractivity contribution in [2.45, 2.75) is 0 Å². The minimum Gasteiger partial charge on any atom is -0.378 e. The second kappa shape index (κ2) is 6.29. The van der Waals surface area contributed by atoms with Crippen molar-refractivity contribution in [2.75, 3.05) is 31.2 Å². The van der Waals surface area contributed by atoms with Gasteiger partial charge in [-0.15, -0.1) is 0 Å². The third-order valence-electron chi connectivity index (χ3n) is 3.59.